The standard InChI is InChI=1S/C13H17ClN2/c1-2-16-9-13(5-6-15-8-13)11-7-10(14)3-4-12(11)16/h3-4,7,15H,2,5-6,8-9H2,1H3/t13-/m1/s1. The fraction of sp³-hybridized carbons (Fsp3) is 0.538. The Morgan fingerprint density at radius 2 is 2.38 bits per heavy atom. The number of nitrogens with zero attached hydrogens (tertiary/aromatic N) is 1. The molecule has 2 aliphatic rings. The average Bonchev–Trinajstić information content (AvgIpc) is 2.86. The zero-order valence-electron chi connectivity index (χ0n) is 9.59. The minimum atomic E-state index is 0.316. The lowest BCUT2D eigenvalue weighted by atomic mass is 9.82. The van der Waals surface area contributed by atoms with Gasteiger partial charge < -0.3 is 10.2 Å². The van der Waals surface area contributed by atoms with Gasteiger partial charge in [-0.15, -0.1) is 0 Å². The predicted molar refractivity (Wildman–Crippen MR) is 68.5 cm³/mol. The van der Waals surface area contributed by atoms with E-state index >= 15 is 0 Å². The summed E-state index contributed by atoms with van der Waals surface area (Å²) >= 11 is 6.14. The monoisotopic (exact) mass is 236 g/mol. The van der Waals surface area contributed by atoms with Crippen LogP contribution in [0.4, 0.5) is 5.69 Å². The number of halogens is 1. The maximum absolute atomic E-state index is 6.14. The molecule has 0 amide bonds. The van der Waals surface area contributed by atoms with Crippen molar-refractivity contribution < 1.29 is 0 Å². The largest absolute Gasteiger partial charge is 0.371 e. The number of likely N-dealkylation sites (N-methyl/N-ethyl adjacent to an activating group) is 1. The van der Waals surface area contributed by atoms with Crippen LogP contribution in [0.25, 0.3) is 0 Å². The third-order valence-corrected chi connectivity index (χ3v) is 4.22. The van der Waals surface area contributed by atoms with E-state index in [1.54, 1.807) is 0 Å². The van der Waals surface area contributed by atoms with Crippen molar-refractivity contribution in [1.29, 1.82) is 0 Å². The summed E-state index contributed by atoms with van der Waals surface area (Å²) in [4.78, 5) is 2.47. The summed E-state index contributed by atoms with van der Waals surface area (Å²) in [6.07, 6.45) is 1.23. The Morgan fingerprint density at radius 3 is 3.06 bits per heavy atom. The third kappa shape index (κ3) is 1.36. The van der Waals surface area contributed by atoms with Crippen LogP contribution in [0, 0.1) is 0 Å². The van der Waals surface area contributed by atoms with Crippen LogP contribution < -0.4 is 10.2 Å². The first kappa shape index (κ1) is 10.4. The maximum atomic E-state index is 6.14. The molecule has 3 heteroatoms. The van der Waals surface area contributed by atoms with Crippen molar-refractivity contribution in [3.05, 3.63) is 28.8 Å². The average molecular weight is 237 g/mol. The molecule has 0 unspecified atom stereocenters. The zero-order valence-corrected chi connectivity index (χ0v) is 10.3. The Bertz CT molecular complexity index is 410. The number of fused-ring (bicyclic) bond motifs is 2. The molecule has 3 rings (SSSR count). The lowest BCUT2D eigenvalue weighted by Gasteiger charge is -2.24. The molecule has 1 N–H and O–H groups in total. The van der Waals surface area contributed by atoms with Gasteiger partial charge in [0.2, 0.25) is 0 Å². The van der Waals surface area contributed by atoms with Crippen molar-refractivity contribution >= 4 is 17.3 Å². The van der Waals surface area contributed by atoms with Crippen LogP contribution in [0.2, 0.25) is 5.02 Å². The fourth-order valence-electron chi connectivity index (χ4n) is 3.14. The second-order valence-corrected chi connectivity index (χ2v) is 5.32. The van der Waals surface area contributed by atoms with Gasteiger partial charge in [-0.3, -0.25) is 0 Å². The van der Waals surface area contributed by atoms with E-state index in [0.29, 0.717) is 5.41 Å². The molecule has 1 aromatic rings. The minimum Gasteiger partial charge on any atom is -0.371 e. The van der Waals surface area contributed by atoms with Crippen LogP contribution in [0.15, 0.2) is 18.2 Å². The quantitative estimate of drug-likeness (QED) is 0.806. The van der Waals surface area contributed by atoms with Crippen molar-refractivity contribution in [3.63, 3.8) is 0 Å². The summed E-state index contributed by atoms with van der Waals surface area (Å²) in [7, 11) is 0. The lowest BCUT2D eigenvalue weighted by Crippen LogP contribution is -2.35. The highest BCUT2D eigenvalue weighted by Crippen LogP contribution is 2.45. The molecule has 0 aliphatic carbocycles. The molecule has 0 aromatic heterocycles. The van der Waals surface area contributed by atoms with Gasteiger partial charge in [0.25, 0.3) is 0 Å². The molecule has 2 heterocycles. The summed E-state index contributed by atoms with van der Waals surface area (Å²) in [6, 6.07) is 6.35. The predicted octanol–water partition coefficient (Wildman–Crippen LogP) is 2.41. The van der Waals surface area contributed by atoms with Crippen molar-refractivity contribution in [2.75, 3.05) is 31.1 Å². The van der Waals surface area contributed by atoms with E-state index in [1.165, 1.54) is 17.7 Å². The molecule has 1 fully saturated rings. The number of hydrogen-bond acceptors (Lipinski definition) is 2. The van der Waals surface area contributed by atoms with Gasteiger partial charge in [0.15, 0.2) is 0 Å². The fourth-order valence-corrected chi connectivity index (χ4v) is 3.31. The van der Waals surface area contributed by atoms with Gasteiger partial charge in [-0.05, 0) is 43.7 Å². The highest BCUT2D eigenvalue weighted by molar-refractivity contribution is 6.30. The van der Waals surface area contributed by atoms with Crippen molar-refractivity contribution in [2.24, 2.45) is 0 Å². The molecule has 2 aliphatic heterocycles. The Hall–Kier alpha value is -0.730. The summed E-state index contributed by atoms with van der Waals surface area (Å²) < 4.78 is 0. The number of anilines is 1. The minimum absolute atomic E-state index is 0.316. The van der Waals surface area contributed by atoms with E-state index in [2.05, 4.69) is 29.3 Å². The van der Waals surface area contributed by atoms with Gasteiger partial charge >= 0.3 is 0 Å². The molecular weight excluding hydrogens is 220 g/mol. The van der Waals surface area contributed by atoms with E-state index in [4.69, 9.17) is 11.6 Å². The molecule has 1 atom stereocenters. The molecule has 16 heavy (non-hydrogen) atoms. The normalized spacial score (nSPS) is 27.8. The molecule has 1 aromatic carbocycles. The number of benzene rings is 1. The van der Waals surface area contributed by atoms with Crippen LogP contribution in [-0.4, -0.2) is 26.2 Å². The van der Waals surface area contributed by atoms with Gasteiger partial charge in [-0.2, -0.15) is 0 Å². The first-order valence-electron chi connectivity index (χ1n) is 6.01. The van der Waals surface area contributed by atoms with Crippen LogP contribution in [0.1, 0.15) is 18.9 Å². The molecule has 86 valence electrons. The summed E-state index contributed by atoms with van der Waals surface area (Å²) in [5.41, 5.74) is 3.15. The molecule has 2 nitrogen and oxygen atoms in total. The third-order valence-electron chi connectivity index (χ3n) is 3.99. The SMILES string of the molecule is CCN1C[C@]2(CCNC2)c2cc(Cl)ccc21. The van der Waals surface area contributed by atoms with E-state index in [9.17, 15) is 0 Å². The Balaban J connectivity index is 2.11. The maximum Gasteiger partial charge on any atom is 0.0410 e. The molecule has 1 spiro atoms. The van der Waals surface area contributed by atoms with Crippen LogP contribution in [0.5, 0.6) is 0 Å². The Kier molecular flexibility index (Phi) is 2.37. The molecule has 0 bridgehead atoms. The molecule has 0 radical (unpaired) electrons. The van der Waals surface area contributed by atoms with E-state index in [0.717, 1.165) is 31.2 Å². The van der Waals surface area contributed by atoms with E-state index in [-0.39, 0.29) is 0 Å². The van der Waals surface area contributed by atoms with Crippen LogP contribution in [0.3, 0.4) is 0 Å². The lowest BCUT2D eigenvalue weighted by molar-refractivity contribution is 0.498. The second kappa shape index (κ2) is 3.64. The highest BCUT2D eigenvalue weighted by Gasteiger charge is 2.44. The van der Waals surface area contributed by atoms with Gasteiger partial charge in [0.05, 0.1) is 0 Å². The van der Waals surface area contributed by atoms with Gasteiger partial charge in [-0.25, -0.2) is 0 Å². The highest BCUT2D eigenvalue weighted by atomic mass is 35.5. The van der Waals surface area contributed by atoms with Crippen molar-refractivity contribution in [3.8, 4) is 0 Å². The number of hydrogen-bond donors (Lipinski definition) is 1. The second-order valence-electron chi connectivity index (χ2n) is 4.88. The van der Waals surface area contributed by atoms with E-state index in [1.807, 2.05) is 6.07 Å². The van der Waals surface area contributed by atoms with E-state index < -0.39 is 0 Å². The summed E-state index contributed by atoms with van der Waals surface area (Å²) in [5, 5.41) is 4.35. The van der Waals surface area contributed by atoms with Gasteiger partial charge in [0, 0.05) is 35.8 Å². The van der Waals surface area contributed by atoms with Crippen LogP contribution >= 0.6 is 11.6 Å². The van der Waals surface area contributed by atoms with Crippen LogP contribution in [-0.2, 0) is 5.41 Å². The van der Waals surface area contributed by atoms with Crippen molar-refractivity contribution in [2.45, 2.75) is 18.8 Å². The Labute approximate surface area is 102 Å². The Morgan fingerprint density at radius 1 is 1.50 bits per heavy atom. The summed E-state index contributed by atoms with van der Waals surface area (Å²) in [5.74, 6) is 0. The molecule has 0 saturated carbocycles. The zero-order chi connectivity index (χ0) is 11.2. The van der Waals surface area contributed by atoms with Gasteiger partial charge in [0.1, 0.15) is 0 Å². The smallest absolute Gasteiger partial charge is 0.0410 e. The molecule has 1 saturated heterocycles. The summed E-state index contributed by atoms with van der Waals surface area (Å²) in [6.45, 7) is 6.67. The number of rotatable bonds is 1. The van der Waals surface area contributed by atoms with Gasteiger partial charge in [-0.1, -0.05) is 11.6 Å². The first-order chi connectivity index (χ1) is 7.75. The first-order valence-corrected chi connectivity index (χ1v) is 6.39. The molecular formula is C13H17ClN2. The topological polar surface area (TPSA) is 15.3 Å². The number of nitrogens with one attached hydrogen (secondary N) is 1. The van der Waals surface area contributed by atoms with Crippen molar-refractivity contribution in [1.82, 2.24) is 5.32 Å².